The zero-order valence-electron chi connectivity index (χ0n) is 22.3. The molecule has 1 aliphatic heterocycles. The first kappa shape index (κ1) is 28.4. The number of rotatable bonds is 9. The Morgan fingerprint density at radius 2 is 2.07 bits per heavy atom. The second-order valence-electron chi connectivity index (χ2n) is 9.50. The van der Waals surface area contributed by atoms with Crippen molar-refractivity contribution in [1.29, 1.82) is 0 Å². The van der Waals surface area contributed by atoms with Crippen LogP contribution in [0.1, 0.15) is 40.1 Å². The lowest BCUT2D eigenvalue weighted by Crippen LogP contribution is -2.46. The van der Waals surface area contributed by atoms with E-state index < -0.39 is 30.4 Å². The van der Waals surface area contributed by atoms with E-state index in [1.54, 1.807) is 19.1 Å². The summed E-state index contributed by atoms with van der Waals surface area (Å²) in [6, 6.07) is 9.38. The molecule has 2 amide bonds. The van der Waals surface area contributed by atoms with Gasteiger partial charge in [-0.25, -0.2) is 14.4 Å². The minimum atomic E-state index is -0.891. The van der Waals surface area contributed by atoms with Crippen molar-refractivity contribution in [3.8, 4) is 17.0 Å². The Kier molecular flexibility index (Phi) is 8.15. The van der Waals surface area contributed by atoms with Crippen molar-refractivity contribution in [2.75, 3.05) is 19.0 Å². The summed E-state index contributed by atoms with van der Waals surface area (Å²) in [5, 5.41) is 16.8. The fourth-order valence-corrected chi connectivity index (χ4v) is 5.37. The minimum absolute atomic E-state index is 0.218. The molecule has 10 nitrogen and oxygen atoms in total. The van der Waals surface area contributed by atoms with Crippen molar-refractivity contribution < 1.29 is 23.8 Å². The second-order valence-corrected chi connectivity index (χ2v) is 10.7. The number of aliphatic hydroxyl groups excluding tert-OH is 1. The summed E-state index contributed by atoms with van der Waals surface area (Å²) in [5.74, 6) is -0.803. The van der Waals surface area contributed by atoms with Crippen LogP contribution < -0.4 is 15.4 Å². The average molecular weight is 597 g/mol. The number of carbonyl (C=O) groups excluding carboxylic acids is 2. The third-order valence-electron chi connectivity index (χ3n) is 6.70. The van der Waals surface area contributed by atoms with Crippen LogP contribution in [-0.4, -0.2) is 55.9 Å². The van der Waals surface area contributed by atoms with Gasteiger partial charge < -0.3 is 25.4 Å². The van der Waals surface area contributed by atoms with Crippen molar-refractivity contribution in [2.24, 2.45) is 0 Å². The molecular weight excluding hydrogens is 571 g/mol. The Morgan fingerprint density at radius 3 is 2.78 bits per heavy atom. The van der Waals surface area contributed by atoms with Crippen LogP contribution >= 0.6 is 23.1 Å². The SMILES string of the molecule is COc1cc(F)cc(C(CO)NC(=O)C(C)N2Cc3ccc(-c4nc(Nc5cc(C)ns5)ncc4Cl)cc3C2=O)c1. The molecule has 2 atom stereocenters. The number of fused-ring (bicyclic) bond motifs is 1. The molecule has 5 rings (SSSR count). The number of aromatic nitrogens is 3. The number of hydrogen-bond donors (Lipinski definition) is 3. The van der Waals surface area contributed by atoms with Gasteiger partial charge >= 0.3 is 0 Å². The van der Waals surface area contributed by atoms with Gasteiger partial charge in [-0.2, -0.15) is 4.37 Å². The molecule has 3 N–H and O–H groups in total. The van der Waals surface area contributed by atoms with E-state index in [0.29, 0.717) is 33.4 Å². The summed E-state index contributed by atoms with van der Waals surface area (Å²) in [5.41, 5.74) is 3.45. The number of nitrogens with one attached hydrogen (secondary N) is 2. The fraction of sp³-hybridized carbons (Fsp3) is 0.250. The molecule has 13 heteroatoms. The van der Waals surface area contributed by atoms with Crippen LogP contribution in [0.25, 0.3) is 11.3 Å². The third kappa shape index (κ3) is 5.99. The predicted molar refractivity (Wildman–Crippen MR) is 153 cm³/mol. The van der Waals surface area contributed by atoms with E-state index in [-0.39, 0.29) is 18.2 Å². The molecule has 212 valence electrons. The van der Waals surface area contributed by atoms with Gasteiger partial charge in [-0.05, 0) is 60.8 Å². The van der Waals surface area contributed by atoms with Crippen molar-refractivity contribution in [3.63, 3.8) is 0 Å². The van der Waals surface area contributed by atoms with Gasteiger partial charge in [0.15, 0.2) is 0 Å². The highest BCUT2D eigenvalue weighted by molar-refractivity contribution is 7.10. The number of ether oxygens (including phenoxy) is 1. The van der Waals surface area contributed by atoms with Crippen LogP contribution in [0.5, 0.6) is 5.75 Å². The van der Waals surface area contributed by atoms with Crippen LogP contribution in [0.3, 0.4) is 0 Å². The van der Waals surface area contributed by atoms with Crippen LogP contribution in [0.2, 0.25) is 5.02 Å². The minimum Gasteiger partial charge on any atom is -0.497 e. The number of aryl methyl sites for hydroxylation is 1. The van der Waals surface area contributed by atoms with E-state index in [4.69, 9.17) is 16.3 Å². The summed E-state index contributed by atoms with van der Waals surface area (Å²) < 4.78 is 23.3. The smallest absolute Gasteiger partial charge is 0.255 e. The van der Waals surface area contributed by atoms with Crippen LogP contribution in [0.15, 0.2) is 48.7 Å². The molecule has 3 heterocycles. The van der Waals surface area contributed by atoms with E-state index in [9.17, 15) is 19.1 Å². The highest BCUT2D eigenvalue weighted by atomic mass is 35.5. The number of benzene rings is 2. The molecule has 0 spiro atoms. The molecule has 2 aromatic heterocycles. The highest BCUT2D eigenvalue weighted by Crippen LogP contribution is 2.33. The number of hydrogen-bond acceptors (Lipinski definition) is 9. The maximum atomic E-state index is 14.0. The average Bonchev–Trinajstić information content (AvgIpc) is 3.53. The molecule has 0 fully saturated rings. The van der Waals surface area contributed by atoms with Crippen molar-refractivity contribution >= 4 is 45.9 Å². The van der Waals surface area contributed by atoms with Gasteiger partial charge in [0.05, 0.1) is 42.4 Å². The van der Waals surface area contributed by atoms with Crippen LogP contribution in [0, 0.1) is 12.7 Å². The summed E-state index contributed by atoms with van der Waals surface area (Å²) in [7, 11) is 1.40. The zero-order valence-corrected chi connectivity index (χ0v) is 23.9. The van der Waals surface area contributed by atoms with Crippen molar-refractivity contribution in [1.82, 2.24) is 24.6 Å². The van der Waals surface area contributed by atoms with E-state index in [0.717, 1.165) is 16.3 Å². The summed E-state index contributed by atoms with van der Waals surface area (Å²) in [4.78, 5) is 36.8. The van der Waals surface area contributed by atoms with Crippen molar-refractivity contribution in [2.45, 2.75) is 32.5 Å². The maximum Gasteiger partial charge on any atom is 0.255 e. The number of nitrogens with zero attached hydrogens (tertiary/aromatic N) is 4. The van der Waals surface area contributed by atoms with Gasteiger partial charge in [-0.1, -0.05) is 23.7 Å². The van der Waals surface area contributed by atoms with Crippen LogP contribution in [0.4, 0.5) is 15.3 Å². The molecule has 2 aromatic carbocycles. The second kappa shape index (κ2) is 11.8. The van der Waals surface area contributed by atoms with Gasteiger partial charge in [0.1, 0.15) is 22.6 Å². The molecule has 0 aliphatic carbocycles. The predicted octanol–water partition coefficient (Wildman–Crippen LogP) is 4.65. The number of amides is 2. The van der Waals surface area contributed by atoms with E-state index in [2.05, 4.69) is 25.0 Å². The standard InChI is InChI=1S/C28H26ClFN6O4S/c1-14-6-24(41-35-14)33-28-31-11-22(29)25(34-28)16-4-5-17-12-36(27(39)21(17)9-16)15(2)26(38)32-23(13-37)18-7-19(30)10-20(8-18)40-3/h4-11,15,23,37H,12-13H2,1-3H3,(H,32,38)(H,31,33,34). The largest absolute Gasteiger partial charge is 0.497 e. The van der Waals surface area contributed by atoms with Gasteiger partial charge in [0, 0.05) is 23.7 Å². The van der Waals surface area contributed by atoms with Gasteiger partial charge in [-0.15, -0.1) is 0 Å². The number of anilines is 2. The Morgan fingerprint density at radius 1 is 1.27 bits per heavy atom. The molecule has 0 saturated carbocycles. The lowest BCUT2D eigenvalue weighted by atomic mass is 10.0. The summed E-state index contributed by atoms with van der Waals surface area (Å²) in [6.45, 7) is 3.23. The molecule has 0 radical (unpaired) electrons. The topological polar surface area (TPSA) is 130 Å². The number of aliphatic hydroxyl groups is 1. The third-order valence-corrected chi connectivity index (χ3v) is 7.77. The Bertz CT molecular complexity index is 1630. The van der Waals surface area contributed by atoms with E-state index in [1.807, 2.05) is 19.1 Å². The Balaban J connectivity index is 1.33. The Hall–Kier alpha value is -4.13. The first-order valence-corrected chi connectivity index (χ1v) is 13.7. The molecule has 0 saturated heterocycles. The van der Waals surface area contributed by atoms with Crippen LogP contribution in [-0.2, 0) is 11.3 Å². The van der Waals surface area contributed by atoms with Crippen molar-refractivity contribution in [3.05, 3.63) is 81.9 Å². The lowest BCUT2D eigenvalue weighted by molar-refractivity contribution is -0.126. The molecule has 1 aliphatic rings. The molecule has 0 bridgehead atoms. The molecule has 2 unspecified atom stereocenters. The number of halogens is 2. The van der Waals surface area contributed by atoms with Gasteiger partial charge in [0.25, 0.3) is 5.91 Å². The first-order chi connectivity index (χ1) is 19.7. The first-order valence-electron chi connectivity index (χ1n) is 12.6. The normalized spacial score (nSPS) is 14.0. The molecule has 41 heavy (non-hydrogen) atoms. The zero-order chi connectivity index (χ0) is 29.3. The van der Waals surface area contributed by atoms with Gasteiger partial charge in [0.2, 0.25) is 11.9 Å². The number of carbonyl (C=O) groups is 2. The van der Waals surface area contributed by atoms with E-state index >= 15 is 0 Å². The van der Waals surface area contributed by atoms with E-state index in [1.165, 1.54) is 47.9 Å². The molecule has 4 aromatic rings. The fourth-order valence-electron chi connectivity index (χ4n) is 4.52. The monoisotopic (exact) mass is 596 g/mol. The number of methoxy groups -OCH3 is 1. The quantitative estimate of drug-likeness (QED) is 0.255. The Labute approximate surface area is 244 Å². The maximum absolute atomic E-state index is 14.0. The summed E-state index contributed by atoms with van der Waals surface area (Å²) >= 11 is 7.71. The summed E-state index contributed by atoms with van der Waals surface area (Å²) in [6.07, 6.45) is 1.49. The van der Waals surface area contributed by atoms with Gasteiger partial charge in [-0.3, -0.25) is 9.59 Å². The highest BCUT2D eigenvalue weighted by Gasteiger charge is 2.35. The lowest BCUT2D eigenvalue weighted by Gasteiger charge is -2.26. The molecular formula is C28H26ClFN6O4S.